The molecule has 1 rings (SSSR count). The van der Waals surface area contributed by atoms with E-state index in [1.165, 1.54) is 0 Å². The van der Waals surface area contributed by atoms with Gasteiger partial charge < -0.3 is 10.6 Å². The molecule has 0 spiro atoms. The molecule has 1 atom stereocenters. The van der Waals surface area contributed by atoms with Crippen LogP contribution in [0, 0.1) is 5.92 Å². The summed E-state index contributed by atoms with van der Waals surface area (Å²) in [5, 5.41) is 0. The topological polar surface area (TPSA) is 46.3 Å². The van der Waals surface area contributed by atoms with Crippen molar-refractivity contribution in [2.45, 2.75) is 25.1 Å². The Hall–Kier alpha value is -0.780. The van der Waals surface area contributed by atoms with Crippen LogP contribution in [0.4, 0.5) is 13.2 Å². The van der Waals surface area contributed by atoms with Crippen molar-refractivity contribution in [1.82, 2.24) is 4.90 Å². The van der Waals surface area contributed by atoms with Gasteiger partial charge in [-0.25, -0.2) is 0 Å². The monoisotopic (exact) mass is 210 g/mol. The van der Waals surface area contributed by atoms with Crippen molar-refractivity contribution >= 4 is 5.91 Å². The summed E-state index contributed by atoms with van der Waals surface area (Å²) in [7, 11) is 1.16. The fourth-order valence-electron chi connectivity index (χ4n) is 1.50. The number of rotatable bonds is 3. The van der Waals surface area contributed by atoms with Crippen LogP contribution in [0.25, 0.3) is 0 Å². The summed E-state index contributed by atoms with van der Waals surface area (Å²) < 4.78 is 36.1. The Morgan fingerprint density at radius 2 is 2.07 bits per heavy atom. The second kappa shape index (κ2) is 3.76. The van der Waals surface area contributed by atoms with E-state index >= 15 is 0 Å². The van der Waals surface area contributed by atoms with E-state index in [1.807, 2.05) is 0 Å². The molecule has 1 fully saturated rings. The van der Waals surface area contributed by atoms with E-state index in [0.29, 0.717) is 0 Å². The first-order valence-electron chi connectivity index (χ1n) is 4.42. The highest BCUT2D eigenvalue weighted by molar-refractivity contribution is 5.82. The van der Waals surface area contributed by atoms with Crippen LogP contribution < -0.4 is 5.73 Å². The number of alkyl halides is 3. The molecule has 1 saturated carbocycles. The van der Waals surface area contributed by atoms with Crippen LogP contribution in [0.2, 0.25) is 0 Å². The van der Waals surface area contributed by atoms with E-state index in [1.54, 1.807) is 0 Å². The maximum atomic E-state index is 12.0. The van der Waals surface area contributed by atoms with Gasteiger partial charge in [0.15, 0.2) is 0 Å². The summed E-state index contributed by atoms with van der Waals surface area (Å²) in [5.41, 5.74) is 5.33. The lowest BCUT2D eigenvalue weighted by Gasteiger charge is -2.27. The quantitative estimate of drug-likeness (QED) is 0.747. The fraction of sp³-hybridized carbons (Fsp3) is 0.875. The van der Waals surface area contributed by atoms with Crippen LogP contribution in [-0.4, -0.2) is 36.6 Å². The van der Waals surface area contributed by atoms with Crippen molar-refractivity contribution in [1.29, 1.82) is 0 Å². The number of hydrogen-bond donors (Lipinski definition) is 1. The summed E-state index contributed by atoms with van der Waals surface area (Å²) in [6, 6.07) is -0.468. The zero-order valence-electron chi connectivity index (χ0n) is 7.84. The predicted molar refractivity (Wildman–Crippen MR) is 44.4 cm³/mol. The molecule has 0 radical (unpaired) electrons. The van der Waals surface area contributed by atoms with Crippen molar-refractivity contribution in [3.8, 4) is 0 Å². The standard InChI is InChI=1S/C8H13F3N2O/c1-13(7(14)8(9,10)11)6(4-12)5-2-3-5/h5-6H,2-4,12H2,1H3. The molecule has 0 aromatic heterocycles. The van der Waals surface area contributed by atoms with Gasteiger partial charge in [0.1, 0.15) is 0 Å². The second-order valence-corrected chi connectivity index (χ2v) is 3.55. The molecule has 1 amide bonds. The summed E-state index contributed by atoms with van der Waals surface area (Å²) >= 11 is 0. The highest BCUT2D eigenvalue weighted by Crippen LogP contribution is 2.35. The smallest absolute Gasteiger partial charge is 0.333 e. The number of likely N-dealkylation sites (N-methyl/N-ethyl adjacent to an activating group) is 1. The average Bonchev–Trinajstić information content (AvgIpc) is 2.86. The molecular formula is C8H13F3N2O. The minimum atomic E-state index is -4.79. The summed E-state index contributed by atoms with van der Waals surface area (Å²) in [6.07, 6.45) is -3.08. The molecule has 1 aliphatic carbocycles. The number of nitrogens with zero attached hydrogens (tertiary/aromatic N) is 1. The Morgan fingerprint density at radius 1 is 1.57 bits per heavy atom. The molecule has 6 heteroatoms. The molecule has 3 nitrogen and oxygen atoms in total. The number of carbonyl (C=O) groups is 1. The van der Waals surface area contributed by atoms with Gasteiger partial charge in [-0.15, -0.1) is 0 Å². The molecule has 0 aromatic carbocycles. The van der Waals surface area contributed by atoms with E-state index in [0.717, 1.165) is 24.8 Å². The molecule has 1 aliphatic rings. The first-order chi connectivity index (χ1) is 6.38. The van der Waals surface area contributed by atoms with Crippen LogP contribution in [0.15, 0.2) is 0 Å². The van der Waals surface area contributed by atoms with Crippen LogP contribution in [0.5, 0.6) is 0 Å². The zero-order chi connectivity index (χ0) is 10.9. The van der Waals surface area contributed by atoms with Crippen molar-refractivity contribution in [3.05, 3.63) is 0 Å². The third-order valence-corrected chi connectivity index (χ3v) is 2.47. The Bertz CT molecular complexity index is 225. The first kappa shape index (κ1) is 11.3. The minimum Gasteiger partial charge on any atom is -0.333 e. The molecule has 82 valence electrons. The van der Waals surface area contributed by atoms with Gasteiger partial charge in [0.05, 0.1) is 0 Å². The largest absolute Gasteiger partial charge is 0.471 e. The zero-order valence-corrected chi connectivity index (χ0v) is 7.84. The Labute approximate surface area is 80.0 Å². The SMILES string of the molecule is CN(C(=O)C(F)(F)F)C(CN)C1CC1. The number of amides is 1. The van der Waals surface area contributed by atoms with Gasteiger partial charge in [-0.1, -0.05) is 0 Å². The van der Waals surface area contributed by atoms with Gasteiger partial charge in [-0.3, -0.25) is 4.79 Å². The van der Waals surface area contributed by atoms with Gasteiger partial charge in [0, 0.05) is 19.6 Å². The third-order valence-electron chi connectivity index (χ3n) is 2.47. The normalized spacial score (nSPS) is 19.2. The lowest BCUT2D eigenvalue weighted by Crippen LogP contribution is -2.48. The van der Waals surface area contributed by atoms with Crippen molar-refractivity contribution < 1.29 is 18.0 Å². The first-order valence-corrected chi connectivity index (χ1v) is 4.42. The predicted octanol–water partition coefficient (Wildman–Crippen LogP) is 0.744. The molecular weight excluding hydrogens is 197 g/mol. The van der Waals surface area contributed by atoms with Gasteiger partial charge in [0.2, 0.25) is 0 Å². The Morgan fingerprint density at radius 3 is 2.36 bits per heavy atom. The maximum Gasteiger partial charge on any atom is 0.471 e. The van der Waals surface area contributed by atoms with Crippen LogP contribution >= 0.6 is 0 Å². The van der Waals surface area contributed by atoms with E-state index in [2.05, 4.69) is 0 Å². The third kappa shape index (κ3) is 2.37. The van der Waals surface area contributed by atoms with E-state index < -0.39 is 18.1 Å². The van der Waals surface area contributed by atoms with Crippen molar-refractivity contribution in [3.63, 3.8) is 0 Å². The Balaban J connectivity index is 2.62. The molecule has 0 aromatic rings. The Kier molecular flexibility index (Phi) is 3.04. The maximum absolute atomic E-state index is 12.0. The molecule has 0 heterocycles. The number of hydrogen-bond acceptors (Lipinski definition) is 2. The minimum absolute atomic E-state index is 0.0863. The second-order valence-electron chi connectivity index (χ2n) is 3.55. The van der Waals surface area contributed by atoms with Crippen molar-refractivity contribution in [2.75, 3.05) is 13.6 Å². The van der Waals surface area contributed by atoms with Crippen molar-refractivity contribution in [2.24, 2.45) is 11.7 Å². The summed E-state index contributed by atoms with van der Waals surface area (Å²) in [5.74, 6) is -1.66. The molecule has 1 unspecified atom stereocenters. The highest BCUT2D eigenvalue weighted by Gasteiger charge is 2.45. The molecule has 0 saturated heterocycles. The van der Waals surface area contributed by atoms with Crippen LogP contribution in [0.1, 0.15) is 12.8 Å². The van der Waals surface area contributed by atoms with Gasteiger partial charge in [-0.2, -0.15) is 13.2 Å². The van der Waals surface area contributed by atoms with Gasteiger partial charge in [-0.05, 0) is 18.8 Å². The van der Waals surface area contributed by atoms with Gasteiger partial charge in [0.25, 0.3) is 0 Å². The molecule has 0 bridgehead atoms. The summed E-state index contributed by atoms with van der Waals surface area (Å²) in [4.78, 5) is 11.6. The molecule has 14 heavy (non-hydrogen) atoms. The lowest BCUT2D eigenvalue weighted by molar-refractivity contribution is -0.186. The van der Waals surface area contributed by atoms with E-state index in [9.17, 15) is 18.0 Å². The van der Waals surface area contributed by atoms with E-state index in [-0.39, 0.29) is 12.5 Å². The van der Waals surface area contributed by atoms with Crippen LogP contribution in [0.3, 0.4) is 0 Å². The highest BCUT2D eigenvalue weighted by atomic mass is 19.4. The number of carbonyl (C=O) groups excluding carboxylic acids is 1. The molecule has 0 aliphatic heterocycles. The lowest BCUT2D eigenvalue weighted by atomic mass is 10.1. The van der Waals surface area contributed by atoms with E-state index in [4.69, 9.17) is 5.73 Å². The van der Waals surface area contributed by atoms with Crippen LogP contribution in [-0.2, 0) is 4.79 Å². The number of halogens is 3. The van der Waals surface area contributed by atoms with Gasteiger partial charge >= 0.3 is 12.1 Å². The summed E-state index contributed by atoms with van der Waals surface area (Å²) in [6.45, 7) is 0.0863. The fourth-order valence-corrected chi connectivity index (χ4v) is 1.50. The number of nitrogens with two attached hydrogens (primary N) is 1. The molecule has 2 N–H and O–H groups in total. The average molecular weight is 210 g/mol.